The van der Waals surface area contributed by atoms with Crippen LogP contribution in [0.3, 0.4) is 0 Å². The van der Waals surface area contributed by atoms with Crippen LogP contribution < -0.4 is 11.1 Å². The monoisotopic (exact) mass is 312 g/mol. The summed E-state index contributed by atoms with van der Waals surface area (Å²) in [6.07, 6.45) is 0. The van der Waals surface area contributed by atoms with Crippen molar-refractivity contribution in [2.75, 3.05) is 11.1 Å². The van der Waals surface area contributed by atoms with Gasteiger partial charge in [-0.1, -0.05) is 22.9 Å². The van der Waals surface area contributed by atoms with E-state index >= 15 is 0 Å². The topological polar surface area (TPSA) is 111 Å². The first-order valence-electron chi connectivity index (χ1n) is 5.36. The Balaban J connectivity index is 2.30. The molecule has 0 aliphatic rings. The summed E-state index contributed by atoms with van der Waals surface area (Å²) >= 11 is 6.94. The van der Waals surface area contributed by atoms with Gasteiger partial charge in [0, 0.05) is 12.1 Å². The van der Waals surface area contributed by atoms with Crippen molar-refractivity contribution in [1.29, 1.82) is 0 Å². The molecule has 1 aromatic carbocycles. The number of nitrogens with one attached hydrogen (secondary N) is 1. The highest BCUT2D eigenvalue weighted by Gasteiger charge is 2.17. The van der Waals surface area contributed by atoms with Crippen molar-refractivity contribution in [3.63, 3.8) is 0 Å². The van der Waals surface area contributed by atoms with Crippen LogP contribution in [-0.2, 0) is 0 Å². The Bertz CT molecular complexity index is 701. The number of halogens is 1. The number of anilines is 2. The zero-order chi connectivity index (χ0) is 14.9. The number of rotatable bonds is 3. The van der Waals surface area contributed by atoms with Gasteiger partial charge in [0.2, 0.25) is 0 Å². The third-order valence-electron chi connectivity index (χ3n) is 2.43. The first-order chi connectivity index (χ1) is 9.38. The molecule has 0 aliphatic heterocycles. The highest BCUT2D eigenvalue weighted by Crippen LogP contribution is 2.28. The van der Waals surface area contributed by atoms with Crippen molar-refractivity contribution in [2.45, 2.75) is 6.92 Å². The molecule has 2 rings (SSSR count). The number of aryl methyl sites for hydroxylation is 1. The Labute approximate surface area is 122 Å². The Morgan fingerprint density at radius 1 is 1.55 bits per heavy atom. The van der Waals surface area contributed by atoms with Crippen LogP contribution in [0.2, 0.25) is 5.02 Å². The van der Waals surface area contributed by atoms with Gasteiger partial charge in [0.15, 0.2) is 5.13 Å². The van der Waals surface area contributed by atoms with Crippen LogP contribution in [-0.4, -0.2) is 15.8 Å². The molecule has 0 saturated heterocycles. The average Bonchev–Trinajstić information content (AvgIpc) is 2.71. The molecule has 3 N–H and O–H groups in total. The number of aromatic nitrogens is 1. The molecule has 20 heavy (non-hydrogen) atoms. The maximum atomic E-state index is 12.1. The lowest BCUT2D eigenvalue weighted by molar-refractivity contribution is -0.384. The first kappa shape index (κ1) is 14.2. The van der Waals surface area contributed by atoms with Crippen molar-refractivity contribution < 1.29 is 9.72 Å². The average molecular weight is 313 g/mol. The predicted octanol–water partition coefficient (Wildman–Crippen LogP) is 2.85. The fourth-order valence-electron chi connectivity index (χ4n) is 1.53. The van der Waals surface area contributed by atoms with Gasteiger partial charge in [-0.15, -0.1) is 0 Å². The number of benzene rings is 1. The van der Waals surface area contributed by atoms with Crippen molar-refractivity contribution in [3.8, 4) is 0 Å². The Morgan fingerprint density at radius 3 is 2.80 bits per heavy atom. The van der Waals surface area contributed by atoms with Crippen molar-refractivity contribution in [2.24, 2.45) is 0 Å². The van der Waals surface area contributed by atoms with Crippen molar-refractivity contribution in [1.82, 2.24) is 4.98 Å². The summed E-state index contributed by atoms with van der Waals surface area (Å²) < 4.78 is 0. The number of nitrogens with zero attached hydrogens (tertiary/aromatic N) is 2. The first-order valence-corrected chi connectivity index (χ1v) is 6.56. The second-order valence-electron chi connectivity index (χ2n) is 3.84. The lowest BCUT2D eigenvalue weighted by atomic mass is 10.2. The number of nitrogen functional groups attached to an aromatic ring is 1. The second kappa shape index (κ2) is 5.43. The zero-order valence-corrected chi connectivity index (χ0v) is 11.8. The summed E-state index contributed by atoms with van der Waals surface area (Å²) in [4.78, 5) is 26.5. The third kappa shape index (κ3) is 2.86. The maximum absolute atomic E-state index is 12.1. The molecule has 0 saturated carbocycles. The zero-order valence-electron chi connectivity index (χ0n) is 10.2. The van der Waals surface area contributed by atoms with Crippen LogP contribution >= 0.6 is 22.9 Å². The van der Waals surface area contributed by atoms with Crippen molar-refractivity contribution >= 4 is 45.4 Å². The normalized spacial score (nSPS) is 10.3. The summed E-state index contributed by atoms with van der Waals surface area (Å²) in [5.74, 6) is -0.459. The van der Waals surface area contributed by atoms with Gasteiger partial charge in [-0.05, 0) is 13.0 Å². The molecule has 0 unspecified atom stereocenters. The Hall–Kier alpha value is -2.19. The van der Waals surface area contributed by atoms with E-state index in [9.17, 15) is 14.9 Å². The van der Waals surface area contributed by atoms with Crippen LogP contribution in [0.5, 0.6) is 0 Å². The molecule has 9 heteroatoms. The highest BCUT2D eigenvalue weighted by molar-refractivity contribution is 7.17. The van der Waals surface area contributed by atoms with E-state index in [0.717, 1.165) is 11.3 Å². The summed E-state index contributed by atoms with van der Waals surface area (Å²) in [5, 5.41) is 13.7. The van der Waals surface area contributed by atoms with E-state index in [1.165, 1.54) is 18.2 Å². The number of non-ortho nitro benzene ring substituents is 1. The Kier molecular flexibility index (Phi) is 3.86. The van der Waals surface area contributed by atoms with Gasteiger partial charge >= 0.3 is 0 Å². The molecule has 0 spiro atoms. The smallest absolute Gasteiger partial charge is 0.271 e. The van der Waals surface area contributed by atoms with E-state index in [0.29, 0.717) is 10.6 Å². The second-order valence-corrected chi connectivity index (χ2v) is 5.28. The number of thiazole rings is 1. The van der Waals surface area contributed by atoms with E-state index in [4.69, 9.17) is 17.3 Å². The maximum Gasteiger partial charge on any atom is 0.271 e. The lowest BCUT2D eigenvalue weighted by Gasteiger charge is -2.06. The highest BCUT2D eigenvalue weighted by atomic mass is 35.5. The quantitative estimate of drug-likeness (QED) is 0.668. The van der Waals surface area contributed by atoms with Crippen LogP contribution in [0.25, 0.3) is 0 Å². The minimum absolute atomic E-state index is 0.162. The number of hydrogen-bond acceptors (Lipinski definition) is 6. The van der Waals surface area contributed by atoms with E-state index < -0.39 is 10.8 Å². The molecule has 0 fully saturated rings. The SMILES string of the molecule is Cc1nc(N)sc1C(=O)Nc1cc([N+](=O)[O-])ccc1Cl. The standard InChI is InChI=1S/C11H9ClN4O3S/c1-5-9(20-11(13)14-5)10(17)15-8-4-6(16(18)19)2-3-7(8)12/h2-4H,1H3,(H2,13,14)(H,15,17). The largest absolute Gasteiger partial charge is 0.375 e. The molecule has 7 nitrogen and oxygen atoms in total. The lowest BCUT2D eigenvalue weighted by Crippen LogP contribution is -2.12. The summed E-state index contributed by atoms with van der Waals surface area (Å²) in [6, 6.07) is 3.80. The molecule has 104 valence electrons. The van der Waals surface area contributed by atoms with Crippen LogP contribution in [0.4, 0.5) is 16.5 Å². The fraction of sp³-hybridized carbons (Fsp3) is 0.0909. The number of hydrogen-bond donors (Lipinski definition) is 2. The predicted molar refractivity (Wildman–Crippen MR) is 77.3 cm³/mol. The number of amides is 1. The molecule has 1 heterocycles. The van der Waals surface area contributed by atoms with Gasteiger partial charge in [-0.25, -0.2) is 4.98 Å². The molecule has 0 radical (unpaired) electrons. The molecule has 1 aromatic heterocycles. The van der Waals surface area contributed by atoms with Gasteiger partial charge in [-0.2, -0.15) is 0 Å². The van der Waals surface area contributed by atoms with Crippen LogP contribution in [0.15, 0.2) is 18.2 Å². The minimum Gasteiger partial charge on any atom is -0.375 e. The van der Waals surface area contributed by atoms with Gasteiger partial charge in [0.25, 0.3) is 11.6 Å². The molecule has 0 atom stereocenters. The van der Waals surface area contributed by atoms with Gasteiger partial charge in [0.05, 0.1) is 21.3 Å². The molecule has 0 bridgehead atoms. The van der Waals surface area contributed by atoms with Gasteiger partial charge in [-0.3, -0.25) is 14.9 Å². The van der Waals surface area contributed by atoms with Gasteiger partial charge < -0.3 is 11.1 Å². The number of nitro benzene ring substituents is 1. The molecule has 1 amide bonds. The molecular formula is C11H9ClN4O3S. The number of carbonyl (C=O) groups excluding carboxylic acids is 1. The number of nitro groups is 1. The minimum atomic E-state index is -0.568. The fourth-order valence-corrected chi connectivity index (χ4v) is 2.42. The number of nitrogens with two attached hydrogens (primary N) is 1. The van der Waals surface area contributed by atoms with Crippen molar-refractivity contribution in [3.05, 3.63) is 43.9 Å². The van der Waals surface area contributed by atoms with Crippen LogP contribution in [0.1, 0.15) is 15.4 Å². The molecule has 2 aromatic rings. The van der Waals surface area contributed by atoms with E-state index in [-0.39, 0.29) is 21.5 Å². The van der Waals surface area contributed by atoms with E-state index in [1.54, 1.807) is 6.92 Å². The molecule has 0 aliphatic carbocycles. The number of carbonyl (C=O) groups is 1. The van der Waals surface area contributed by atoms with Crippen LogP contribution in [0, 0.1) is 17.0 Å². The summed E-state index contributed by atoms with van der Waals surface area (Å²) in [7, 11) is 0. The molecular weight excluding hydrogens is 304 g/mol. The Morgan fingerprint density at radius 2 is 2.25 bits per heavy atom. The van der Waals surface area contributed by atoms with Gasteiger partial charge in [0.1, 0.15) is 4.88 Å². The van der Waals surface area contributed by atoms with E-state index in [1.807, 2.05) is 0 Å². The van der Waals surface area contributed by atoms with E-state index in [2.05, 4.69) is 10.3 Å². The third-order valence-corrected chi connectivity index (χ3v) is 3.74. The summed E-state index contributed by atoms with van der Waals surface area (Å²) in [6.45, 7) is 1.65. The summed E-state index contributed by atoms with van der Waals surface area (Å²) in [5.41, 5.74) is 6.01.